The Hall–Kier alpha value is -0.760. The Morgan fingerprint density at radius 2 is 1.75 bits per heavy atom. The third-order valence-electron chi connectivity index (χ3n) is 1.42. The number of hydrogen-bond acceptors (Lipinski definition) is 4. The summed E-state index contributed by atoms with van der Waals surface area (Å²) in [6, 6.07) is 0. The molecule has 0 saturated heterocycles. The number of halogens is 2. The molecule has 0 bridgehead atoms. The molecule has 5 nitrogen and oxygen atoms in total. The van der Waals surface area contributed by atoms with Gasteiger partial charge < -0.3 is 4.74 Å². The molecule has 0 aromatic carbocycles. The molecule has 0 rings (SSSR count). The number of carbonyl (C=O) groups is 1. The van der Waals surface area contributed by atoms with Gasteiger partial charge in [0.1, 0.15) is 5.75 Å². The van der Waals surface area contributed by atoms with Crippen LogP contribution < -0.4 is 0 Å². The first-order valence-electron chi connectivity index (χ1n) is 4.34. The summed E-state index contributed by atoms with van der Waals surface area (Å²) in [5, 5.41) is 0. The minimum atomic E-state index is -4.81. The molecule has 0 radical (unpaired) electrons. The van der Waals surface area contributed by atoms with E-state index in [0.717, 1.165) is 0 Å². The fourth-order valence-corrected chi connectivity index (χ4v) is 1.31. The summed E-state index contributed by atoms with van der Waals surface area (Å²) in [5.41, 5.74) is -0.950. The Kier molecular flexibility index (Phi) is 4.40. The number of alkyl halides is 2. The zero-order valence-corrected chi connectivity index (χ0v) is 9.98. The van der Waals surface area contributed by atoms with Crippen LogP contribution in [0.15, 0.2) is 0 Å². The lowest BCUT2D eigenvalue weighted by Gasteiger charge is -2.20. The second-order valence-electron chi connectivity index (χ2n) is 4.41. The van der Waals surface area contributed by atoms with E-state index in [1.807, 2.05) is 0 Å². The van der Waals surface area contributed by atoms with E-state index in [2.05, 4.69) is 4.74 Å². The summed E-state index contributed by atoms with van der Waals surface area (Å²) < 4.78 is 58.6. The van der Waals surface area contributed by atoms with Crippen molar-refractivity contribution in [3.05, 3.63) is 0 Å². The van der Waals surface area contributed by atoms with E-state index in [1.54, 1.807) is 0 Å². The highest BCUT2D eigenvalue weighted by Gasteiger charge is 2.37. The maximum Gasteiger partial charge on any atom is 0.311 e. The van der Waals surface area contributed by atoms with Gasteiger partial charge >= 0.3 is 5.97 Å². The third kappa shape index (κ3) is 6.67. The summed E-state index contributed by atoms with van der Waals surface area (Å²) in [7, 11) is -4.81. The minimum absolute atomic E-state index is 0.873. The van der Waals surface area contributed by atoms with Gasteiger partial charge in [0, 0.05) is 0 Å². The smallest absolute Gasteiger partial charge is 0.311 e. The Morgan fingerprint density at radius 1 is 1.31 bits per heavy atom. The molecule has 0 aliphatic carbocycles. The lowest BCUT2D eigenvalue weighted by atomic mass is 9.97. The second kappa shape index (κ2) is 4.62. The maximum absolute atomic E-state index is 12.9. The first-order valence-corrected chi connectivity index (χ1v) is 5.95. The molecule has 0 spiro atoms. The van der Waals surface area contributed by atoms with Crippen LogP contribution in [0.5, 0.6) is 0 Å². The molecule has 8 heteroatoms. The van der Waals surface area contributed by atoms with Crippen molar-refractivity contribution in [1.82, 2.24) is 0 Å². The van der Waals surface area contributed by atoms with Gasteiger partial charge in [-0.15, -0.1) is 0 Å². The molecule has 0 saturated carbocycles. The van der Waals surface area contributed by atoms with Crippen molar-refractivity contribution in [2.75, 3.05) is 12.4 Å². The molecule has 0 amide bonds. The number of hydrogen-bond donors (Lipinski definition) is 1. The quantitative estimate of drug-likeness (QED) is 0.604. The Bertz CT molecular complexity index is 355. The standard InChI is InChI=1S/C8H14F2O5S/c1-7(2,3)6(11)15-4-8(9,10)5-16(12,13)14/h4-5H2,1-3H3,(H,12,13,14). The van der Waals surface area contributed by atoms with E-state index in [-0.39, 0.29) is 0 Å². The minimum Gasteiger partial charge on any atom is -0.459 e. The predicted octanol–water partition coefficient (Wildman–Crippen LogP) is 1.10. The van der Waals surface area contributed by atoms with Crippen molar-refractivity contribution < 1.29 is 31.3 Å². The van der Waals surface area contributed by atoms with Crippen LogP contribution in [0.4, 0.5) is 8.78 Å². The second-order valence-corrected chi connectivity index (χ2v) is 5.86. The van der Waals surface area contributed by atoms with E-state index >= 15 is 0 Å². The first kappa shape index (κ1) is 15.2. The lowest BCUT2D eigenvalue weighted by molar-refractivity contribution is -0.162. The van der Waals surface area contributed by atoms with Gasteiger partial charge in [0.05, 0.1) is 5.41 Å². The molecule has 16 heavy (non-hydrogen) atoms. The van der Waals surface area contributed by atoms with E-state index in [1.165, 1.54) is 20.8 Å². The fourth-order valence-electron chi connectivity index (χ4n) is 0.696. The fraction of sp³-hybridized carbons (Fsp3) is 0.875. The van der Waals surface area contributed by atoms with Crippen LogP contribution in [-0.4, -0.2) is 37.2 Å². The summed E-state index contributed by atoms with van der Waals surface area (Å²) in [4.78, 5) is 11.1. The Balaban J connectivity index is 4.36. The summed E-state index contributed by atoms with van der Waals surface area (Å²) >= 11 is 0. The van der Waals surface area contributed by atoms with E-state index in [4.69, 9.17) is 4.55 Å². The van der Waals surface area contributed by atoms with Gasteiger partial charge in [0.2, 0.25) is 0 Å². The Morgan fingerprint density at radius 3 is 2.06 bits per heavy atom. The van der Waals surface area contributed by atoms with Gasteiger partial charge in [0.15, 0.2) is 6.61 Å². The molecule has 96 valence electrons. The van der Waals surface area contributed by atoms with Crippen LogP contribution in [0.1, 0.15) is 20.8 Å². The van der Waals surface area contributed by atoms with Gasteiger partial charge in [0.25, 0.3) is 16.0 Å². The molecule has 0 aromatic heterocycles. The molecule has 0 atom stereocenters. The van der Waals surface area contributed by atoms with Crippen molar-refractivity contribution in [3.8, 4) is 0 Å². The average molecular weight is 260 g/mol. The third-order valence-corrected chi connectivity index (χ3v) is 2.21. The lowest BCUT2D eigenvalue weighted by Crippen LogP contribution is -2.36. The van der Waals surface area contributed by atoms with Crippen LogP contribution in [0.25, 0.3) is 0 Å². The number of rotatable bonds is 4. The van der Waals surface area contributed by atoms with E-state index in [0.29, 0.717) is 0 Å². The van der Waals surface area contributed by atoms with Crippen LogP contribution in [0, 0.1) is 5.41 Å². The highest BCUT2D eigenvalue weighted by Crippen LogP contribution is 2.20. The summed E-state index contributed by atoms with van der Waals surface area (Å²) in [5.74, 6) is -6.44. The largest absolute Gasteiger partial charge is 0.459 e. The van der Waals surface area contributed by atoms with E-state index in [9.17, 15) is 22.0 Å². The molecule has 0 fully saturated rings. The van der Waals surface area contributed by atoms with E-state index < -0.39 is 39.8 Å². The van der Waals surface area contributed by atoms with Gasteiger partial charge in [-0.05, 0) is 20.8 Å². The average Bonchev–Trinajstić information content (AvgIpc) is 1.93. The summed E-state index contributed by atoms with van der Waals surface area (Å²) in [6.45, 7) is 3.03. The SMILES string of the molecule is CC(C)(C)C(=O)OCC(F)(F)CS(=O)(=O)O. The van der Waals surface area contributed by atoms with Gasteiger partial charge in [-0.3, -0.25) is 9.35 Å². The molecule has 0 unspecified atom stereocenters. The van der Waals surface area contributed by atoms with Crippen LogP contribution in [-0.2, 0) is 19.6 Å². The topological polar surface area (TPSA) is 80.7 Å². The molecule has 1 N–H and O–H groups in total. The summed E-state index contributed by atoms with van der Waals surface area (Å²) in [6.07, 6.45) is 0. The van der Waals surface area contributed by atoms with Crippen LogP contribution in [0.2, 0.25) is 0 Å². The van der Waals surface area contributed by atoms with Crippen molar-refractivity contribution in [3.63, 3.8) is 0 Å². The van der Waals surface area contributed by atoms with Gasteiger partial charge in [-0.1, -0.05) is 0 Å². The highest BCUT2D eigenvalue weighted by atomic mass is 32.2. The maximum atomic E-state index is 12.9. The molecule has 0 aliphatic heterocycles. The van der Waals surface area contributed by atoms with Crippen LogP contribution >= 0.6 is 0 Å². The Labute approximate surface area is 92.5 Å². The molecular weight excluding hydrogens is 246 g/mol. The molecular formula is C8H14F2O5S. The number of esters is 1. The predicted molar refractivity (Wildman–Crippen MR) is 51.8 cm³/mol. The van der Waals surface area contributed by atoms with Gasteiger partial charge in [-0.2, -0.15) is 8.42 Å². The van der Waals surface area contributed by atoms with Crippen molar-refractivity contribution in [2.24, 2.45) is 5.41 Å². The normalized spacial score (nSPS) is 13.6. The number of carbonyl (C=O) groups excluding carboxylic acids is 1. The van der Waals surface area contributed by atoms with Gasteiger partial charge in [-0.25, -0.2) is 8.78 Å². The monoisotopic (exact) mass is 260 g/mol. The zero-order valence-electron chi connectivity index (χ0n) is 9.16. The molecule has 0 heterocycles. The van der Waals surface area contributed by atoms with Crippen molar-refractivity contribution in [2.45, 2.75) is 26.7 Å². The number of ether oxygens (including phenoxy) is 1. The van der Waals surface area contributed by atoms with Crippen molar-refractivity contribution in [1.29, 1.82) is 0 Å². The zero-order chi connectivity index (χ0) is 13.2. The highest BCUT2D eigenvalue weighted by molar-refractivity contribution is 7.85. The first-order chi connectivity index (χ1) is 6.83. The molecule has 0 aliphatic rings. The van der Waals surface area contributed by atoms with Crippen molar-refractivity contribution >= 4 is 16.1 Å². The molecule has 0 aromatic rings. The van der Waals surface area contributed by atoms with Crippen LogP contribution in [0.3, 0.4) is 0 Å².